The Morgan fingerprint density at radius 1 is 1.25 bits per heavy atom. The first kappa shape index (κ1) is 15.3. The number of hydrogen-bond acceptors (Lipinski definition) is 2. The summed E-state index contributed by atoms with van der Waals surface area (Å²) in [6.45, 7) is 6.03. The number of likely N-dealkylation sites (N-methyl/N-ethyl adjacent to an activating group) is 1. The van der Waals surface area contributed by atoms with E-state index in [1.54, 1.807) is 0 Å². The average molecular weight is 292 g/mol. The molecule has 0 spiro atoms. The summed E-state index contributed by atoms with van der Waals surface area (Å²) >= 11 is 0. The largest absolute Gasteiger partial charge is 0.346 e. The molecule has 0 saturated carbocycles. The summed E-state index contributed by atoms with van der Waals surface area (Å²) < 4.78 is 14.1. The van der Waals surface area contributed by atoms with Crippen molar-refractivity contribution in [2.75, 3.05) is 26.4 Å². The molecule has 0 saturated heterocycles. The summed E-state index contributed by atoms with van der Waals surface area (Å²) in [7, 11) is 3.41. The maximum absolute atomic E-state index is 11.8. The van der Waals surface area contributed by atoms with Gasteiger partial charge in [0.2, 0.25) is 0 Å². The van der Waals surface area contributed by atoms with Gasteiger partial charge in [0.05, 0.1) is 10.8 Å². The van der Waals surface area contributed by atoms with Crippen LogP contribution < -0.4 is 0 Å². The van der Waals surface area contributed by atoms with E-state index in [-0.39, 0.29) is 0 Å². The van der Waals surface area contributed by atoms with Gasteiger partial charge in [0.15, 0.2) is 0 Å². The standard InChI is InChI=1S/C14H18N2OS.C2H6/c1-15(2)8-9-16-7-5-11-12-6-10-18(17)14(12)4-3-13(11)16;1-2/h3-5,7H,6,8-10H2,1-2H3;1-2H3. The average Bonchev–Trinajstić information content (AvgIpc) is 3.02. The minimum atomic E-state index is -0.773. The van der Waals surface area contributed by atoms with Crippen molar-refractivity contribution in [2.45, 2.75) is 31.7 Å². The minimum Gasteiger partial charge on any atom is -0.346 e. The van der Waals surface area contributed by atoms with Crippen LogP contribution in [-0.2, 0) is 23.8 Å². The number of rotatable bonds is 3. The molecule has 0 amide bonds. The minimum absolute atomic E-state index is 0.773. The van der Waals surface area contributed by atoms with Crippen molar-refractivity contribution in [1.29, 1.82) is 0 Å². The third kappa shape index (κ3) is 2.81. The summed E-state index contributed by atoms with van der Waals surface area (Å²) in [5.74, 6) is 0.789. The van der Waals surface area contributed by atoms with Gasteiger partial charge in [-0.3, -0.25) is 4.21 Å². The molecule has 110 valence electrons. The lowest BCUT2D eigenvalue weighted by Crippen LogP contribution is -2.17. The fourth-order valence-corrected chi connectivity index (χ4v) is 3.91. The Morgan fingerprint density at radius 3 is 2.70 bits per heavy atom. The molecule has 0 fully saturated rings. The van der Waals surface area contributed by atoms with Crippen LogP contribution in [-0.4, -0.2) is 40.1 Å². The van der Waals surface area contributed by atoms with Crippen molar-refractivity contribution < 1.29 is 4.21 Å². The van der Waals surface area contributed by atoms with Crippen LogP contribution in [0.15, 0.2) is 29.3 Å². The van der Waals surface area contributed by atoms with Crippen LogP contribution in [0.2, 0.25) is 0 Å². The molecule has 4 heteroatoms. The molecule has 3 nitrogen and oxygen atoms in total. The highest BCUT2D eigenvalue weighted by molar-refractivity contribution is 7.85. The third-order valence-electron chi connectivity index (χ3n) is 3.59. The molecular formula is C16H24N2OS. The maximum Gasteiger partial charge on any atom is 0.0535 e. The van der Waals surface area contributed by atoms with Crippen LogP contribution in [0, 0.1) is 0 Å². The van der Waals surface area contributed by atoms with Crippen molar-refractivity contribution in [3.8, 4) is 0 Å². The van der Waals surface area contributed by atoms with Gasteiger partial charge in [0.1, 0.15) is 0 Å². The quantitative estimate of drug-likeness (QED) is 0.869. The maximum atomic E-state index is 11.8. The summed E-state index contributed by atoms with van der Waals surface area (Å²) in [5.41, 5.74) is 2.57. The normalized spacial score (nSPS) is 17.1. The Labute approximate surface area is 124 Å². The van der Waals surface area contributed by atoms with E-state index in [0.717, 1.165) is 30.2 Å². The van der Waals surface area contributed by atoms with Gasteiger partial charge in [-0.05, 0) is 44.3 Å². The topological polar surface area (TPSA) is 25.2 Å². The molecule has 0 bridgehead atoms. The van der Waals surface area contributed by atoms with Crippen LogP contribution in [0.25, 0.3) is 10.9 Å². The van der Waals surface area contributed by atoms with Gasteiger partial charge in [0, 0.05) is 40.8 Å². The van der Waals surface area contributed by atoms with Crippen molar-refractivity contribution >= 4 is 21.7 Å². The van der Waals surface area contributed by atoms with Gasteiger partial charge < -0.3 is 9.47 Å². The molecule has 0 N–H and O–H groups in total. The number of aromatic nitrogens is 1. The molecule has 20 heavy (non-hydrogen) atoms. The summed E-state index contributed by atoms with van der Waals surface area (Å²) in [6, 6.07) is 6.34. The van der Waals surface area contributed by atoms with E-state index in [0.29, 0.717) is 0 Å². The van der Waals surface area contributed by atoms with Crippen molar-refractivity contribution in [3.05, 3.63) is 30.0 Å². The third-order valence-corrected chi connectivity index (χ3v) is 5.04. The molecule has 2 aromatic rings. The van der Waals surface area contributed by atoms with E-state index in [2.05, 4.69) is 41.9 Å². The van der Waals surface area contributed by atoms with Crippen LogP contribution in [0.3, 0.4) is 0 Å². The molecule has 1 aromatic carbocycles. The zero-order valence-electron chi connectivity index (χ0n) is 12.8. The lowest BCUT2D eigenvalue weighted by atomic mass is 10.1. The Kier molecular flexibility index (Phi) is 5.00. The molecule has 1 atom stereocenters. The summed E-state index contributed by atoms with van der Waals surface area (Å²) in [6.07, 6.45) is 3.10. The molecule has 1 aromatic heterocycles. The molecular weight excluding hydrogens is 268 g/mol. The molecule has 0 aliphatic carbocycles. The molecule has 1 aliphatic rings. The van der Waals surface area contributed by atoms with Gasteiger partial charge in [-0.15, -0.1) is 0 Å². The Balaban J connectivity index is 0.000000704. The Hall–Kier alpha value is -1.13. The Morgan fingerprint density at radius 2 is 2.00 bits per heavy atom. The fourth-order valence-electron chi connectivity index (χ4n) is 2.59. The smallest absolute Gasteiger partial charge is 0.0535 e. The van der Waals surface area contributed by atoms with Gasteiger partial charge in [-0.2, -0.15) is 0 Å². The second-order valence-electron chi connectivity index (χ2n) is 5.09. The summed E-state index contributed by atoms with van der Waals surface area (Å²) in [4.78, 5) is 3.24. The van der Waals surface area contributed by atoms with E-state index in [1.807, 2.05) is 19.9 Å². The lowest BCUT2D eigenvalue weighted by molar-refractivity contribution is 0.387. The molecule has 1 aliphatic heterocycles. The predicted molar refractivity (Wildman–Crippen MR) is 86.8 cm³/mol. The Bertz CT molecular complexity index is 616. The van der Waals surface area contributed by atoms with Gasteiger partial charge in [-0.1, -0.05) is 13.8 Å². The van der Waals surface area contributed by atoms with Crippen molar-refractivity contribution in [2.24, 2.45) is 0 Å². The lowest BCUT2D eigenvalue weighted by Gasteiger charge is -2.11. The SMILES string of the molecule is CC.CN(C)CCn1ccc2c3c(ccc21)S(=O)CC3. The second kappa shape index (κ2) is 6.55. The highest BCUT2D eigenvalue weighted by Gasteiger charge is 2.21. The zero-order valence-corrected chi connectivity index (χ0v) is 13.7. The van der Waals surface area contributed by atoms with E-state index in [1.165, 1.54) is 16.5 Å². The van der Waals surface area contributed by atoms with Gasteiger partial charge in [0.25, 0.3) is 0 Å². The van der Waals surface area contributed by atoms with Crippen LogP contribution in [0.1, 0.15) is 19.4 Å². The summed E-state index contributed by atoms with van der Waals surface area (Å²) in [5, 5.41) is 1.29. The highest BCUT2D eigenvalue weighted by atomic mass is 32.2. The highest BCUT2D eigenvalue weighted by Crippen LogP contribution is 2.31. The second-order valence-corrected chi connectivity index (χ2v) is 6.63. The first-order valence-corrected chi connectivity index (χ1v) is 8.62. The first-order chi connectivity index (χ1) is 9.66. The van der Waals surface area contributed by atoms with Crippen LogP contribution in [0.5, 0.6) is 0 Å². The first-order valence-electron chi connectivity index (χ1n) is 7.30. The van der Waals surface area contributed by atoms with Crippen LogP contribution >= 0.6 is 0 Å². The van der Waals surface area contributed by atoms with Crippen molar-refractivity contribution in [1.82, 2.24) is 9.47 Å². The number of benzene rings is 1. The molecule has 0 radical (unpaired) electrons. The molecule has 3 rings (SSSR count). The molecule has 1 unspecified atom stereocenters. The van der Waals surface area contributed by atoms with Gasteiger partial charge in [-0.25, -0.2) is 0 Å². The number of fused-ring (bicyclic) bond motifs is 3. The zero-order chi connectivity index (χ0) is 14.7. The van der Waals surface area contributed by atoms with E-state index in [4.69, 9.17) is 0 Å². The predicted octanol–water partition coefficient (Wildman–Crippen LogP) is 2.89. The van der Waals surface area contributed by atoms with Gasteiger partial charge >= 0.3 is 0 Å². The van der Waals surface area contributed by atoms with E-state index >= 15 is 0 Å². The fraction of sp³-hybridized carbons (Fsp3) is 0.500. The number of nitrogens with zero attached hydrogens (tertiary/aromatic N) is 2. The van der Waals surface area contributed by atoms with E-state index < -0.39 is 10.8 Å². The number of hydrogen-bond donors (Lipinski definition) is 0. The number of aryl methyl sites for hydroxylation is 1. The van der Waals surface area contributed by atoms with Crippen LogP contribution in [0.4, 0.5) is 0 Å². The van der Waals surface area contributed by atoms with E-state index in [9.17, 15) is 4.21 Å². The molecule has 2 heterocycles. The van der Waals surface area contributed by atoms with Crippen molar-refractivity contribution in [3.63, 3.8) is 0 Å². The monoisotopic (exact) mass is 292 g/mol.